The second-order valence-electron chi connectivity index (χ2n) is 4.06. The maximum Gasteiger partial charge on any atom is 0.0700 e. The van der Waals surface area contributed by atoms with Crippen LogP contribution in [0, 0.1) is 16.7 Å². The van der Waals surface area contributed by atoms with Crippen molar-refractivity contribution in [1.82, 2.24) is 0 Å². The molecule has 0 unspecified atom stereocenters. The third kappa shape index (κ3) is 8.03. The molecule has 14 heavy (non-hydrogen) atoms. The lowest BCUT2D eigenvalue weighted by Gasteiger charge is -2.14. The quantitative estimate of drug-likeness (QED) is 0.564. The molecule has 0 aromatic carbocycles. The minimum absolute atomic E-state index is 0.188. The van der Waals surface area contributed by atoms with Crippen molar-refractivity contribution in [3.63, 3.8) is 0 Å². The second-order valence-corrected chi connectivity index (χ2v) is 4.06. The van der Waals surface area contributed by atoms with Crippen LogP contribution in [0.3, 0.4) is 0 Å². The van der Waals surface area contributed by atoms with Crippen LogP contribution < -0.4 is 0 Å². The summed E-state index contributed by atoms with van der Waals surface area (Å²) in [6, 6.07) is 2.29. The summed E-state index contributed by atoms with van der Waals surface area (Å²) in [4.78, 5) is 0. The molecule has 82 valence electrons. The number of nitrogens with zero attached hydrogens (tertiary/aromatic N) is 1. The van der Waals surface area contributed by atoms with Crippen LogP contribution in [-0.2, 0) is 9.47 Å². The molecular formula is C11H21NO2. The molecule has 0 aliphatic rings. The molecule has 0 saturated heterocycles. The van der Waals surface area contributed by atoms with Crippen molar-refractivity contribution < 1.29 is 9.47 Å². The number of ether oxygens (including phenoxy) is 2. The molecule has 0 N–H and O–H groups in total. The van der Waals surface area contributed by atoms with Crippen molar-refractivity contribution in [1.29, 1.82) is 5.26 Å². The SMILES string of the molecule is COCCOCCCCC(C)(C)C#N. The first-order valence-corrected chi connectivity index (χ1v) is 5.10. The van der Waals surface area contributed by atoms with Gasteiger partial charge in [0.1, 0.15) is 0 Å². The molecule has 0 atom stereocenters. The molecule has 0 aromatic heterocycles. The Morgan fingerprint density at radius 2 is 1.86 bits per heavy atom. The van der Waals surface area contributed by atoms with Crippen molar-refractivity contribution in [3.05, 3.63) is 0 Å². The van der Waals surface area contributed by atoms with Crippen LogP contribution in [0.25, 0.3) is 0 Å². The van der Waals surface area contributed by atoms with E-state index in [1.807, 2.05) is 13.8 Å². The average molecular weight is 199 g/mol. The monoisotopic (exact) mass is 199 g/mol. The summed E-state index contributed by atoms with van der Waals surface area (Å²) in [5, 5.41) is 8.77. The molecule has 0 aliphatic carbocycles. The van der Waals surface area contributed by atoms with E-state index in [1.165, 1.54) is 0 Å². The minimum atomic E-state index is -0.188. The highest BCUT2D eigenvalue weighted by Crippen LogP contribution is 2.21. The minimum Gasteiger partial charge on any atom is -0.382 e. The standard InChI is InChI=1S/C11H21NO2/c1-11(2,10-12)6-4-5-7-14-9-8-13-3/h4-9H2,1-3H3. The fraction of sp³-hybridized carbons (Fsp3) is 0.909. The van der Waals surface area contributed by atoms with Gasteiger partial charge in [0, 0.05) is 13.7 Å². The highest BCUT2D eigenvalue weighted by atomic mass is 16.5. The van der Waals surface area contributed by atoms with Crippen molar-refractivity contribution in [3.8, 4) is 6.07 Å². The summed E-state index contributed by atoms with van der Waals surface area (Å²) in [6.45, 7) is 6.03. The van der Waals surface area contributed by atoms with E-state index in [9.17, 15) is 0 Å². The van der Waals surface area contributed by atoms with Crippen LogP contribution in [0.1, 0.15) is 33.1 Å². The van der Waals surface area contributed by atoms with Crippen LogP contribution in [-0.4, -0.2) is 26.9 Å². The molecular weight excluding hydrogens is 178 g/mol. The van der Waals surface area contributed by atoms with E-state index >= 15 is 0 Å². The highest BCUT2D eigenvalue weighted by molar-refractivity contribution is 4.91. The van der Waals surface area contributed by atoms with E-state index < -0.39 is 0 Å². The molecule has 3 heteroatoms. The summed E-state index contributed by atoms with van der Waals surface area (Å²) in [5.41, 5.74) is -0.188. The first kappa shape index (κ1) is 13.4. The van der Waals surface area contributed by atoms with Crippen molar-refractivity contribution in [2.24, 2.45) is 5.41 Å². The van der Waals surface area contributed by atoms with Gasteiger partial charge in [0.05, 0.1) is 24.7 Å². The fourth-order valence-corrected chi connectivity index (χ4v) is 1.07. The Morgan fingerprint density at radius 1 is 1.14 bits per heavy atom. The Hall–Kier alpha value is -0.590. The van der Waals surface area contributed by atoms with Gasteiger partial charge in [-0.1, -0.05) is 0 Å². The average Bonchev–Trinajstić information content (AvgIpc) is 2.16. The van der Waals surface area contributed by atoms with Gasteiger partial charge >= 0.3 is 0 Å². The Balaban J connectivity index is 3.18. The van der Waals surface area contributed by atoms with E-state index in [0.717, 1.165) is 25.9 Å². The second kappa shape index (κ2) is 7.78. The van der Waals surface area contributed by atoms with E-state index in [0.29, 0.717) is 13.2 Å². The third-order valence-corrected chi connectivity index (χ3v) is 2.07. The zero-order valence-corrected chi connectivity index (χ0v) is 9.51. The lowest BCUT2D eigenvalue weighted by Crippen LogP contribution is -2.08. The number of nitriles is 1. The van der Waals surface area contributed by atoms with E-state index in [1.54, 1.807) is 7.11 Å². The van der Waals surface area contributed by atoms with Gasteiger partial charge in [0.25, 0.3) is 0 Å². The predicted molar refractivity (Wildman–Crippen MR) is 55.9 cm³/mol. The van der Waals surface area contributed by atoms with Crippen molar-refractivity contribution in [2.45, 2.75) is 33.1 Å². The summed E-state index contributed by atoms with van der Waals surface area (Å²) in [5.74, 6) is 0. The van der Waals surface area contributed by atoms with Gasteiger partial charge in [-0.15, -0.1) is 0 Å². The molecule has 3 nitrogen and oxygen atoms in total. The smallest absolute Gasteiger partial charge is 0.0700 e. The topological polar surface area (TPSA) is 42.2 Å². The maximum absolute atomic E-state index is 8.77. The molecule has 0 fully saturated rings. The fourth-order valence-electron chi connectivity index (χ4n) is 1.07. The molecule has 0 amide bonds. The van der Waals surface area contributed by atoms with E-state index in [2.05, 4.69) is 6.07 Å². The molecule has 0 aromatic rings. The number of hydrogen-bond acceptors (Lipinski definition) is 3. The Kier molecular flexibility index (Phi) is 7.45. The number of rotatable bonds is 8. The predicted octanol–water partition coefficient (Wildman–Crippen LogP) is 2.37. The van der Waals surface area contributed by atoms with Gasteiger partial charge in [-0.2, -0.15) is 5.26 Å². The molecule has 0 heterocycles. The van der Waals surface area contributed by atoms with Gasteiger partial charge < -0.3 is 9.47 Å². The zero-order chi connectivity index (χ0) is 10.9. The number of unbranched alkanes of at least 4 members (excludes halogenated alkanes) is 1. The van der Waals surface area contributed by atoms with Crippen molar-refractivity contribution in [2.75, 3.05) is 26.9 Å². The Bertz CT molecular complexity index is 173. The first-order valence-electron chi connectivity index (χ1n) is 5.10. The van der Waals surface area contributed by atoms with Crippen LogP contribution in [0.2, 0.25) is 0 Å². The van der Waals surface area contributed by atoms with Gasteiger partial charge in [0.2, 0.25) is 0 Å². The van der Waals surface area contributed by atoms with Gasteiger partial charge in [-0.05, 0) is 33.1 Å². The lowest BCUT2D eigenvalue weighted by molar-refractivity contribution is 0.0680. The highest BCUT2D eigenvalue weighted by Gasteiger charge is 2.15. The molecule has 0 spiro atoms. The normalized spacial score (nSPS) is 11.3. The van der Waals surface area contributed by atoms with Gasteiger partial charge in [0.15, 0.2) is 0 Å². The number of hydrogen-bond donors (Lipinski definition) is 0. The van der Waals surface area contributed by atoms with Crippen LogP contribution in [0.5, 0.6) is 0 Å². The zero-order valence-electron chi connectivity index (χ0n) is 9.51. The molecule has 0 aliphatic heterocycles. The molecule has 0 rings (SSSR count). The Labute approximate surface area is 87.0 Å². The third-order valence-electron chi connectivity index (χ3n) is 2.07. The van der Waals surface area contributed by atoms with Crippen LogP contribution in [0.15, 0.2) is 0 Å². The summed E-state index contributed by atoms with van der Waals surface area (Å²) in [7, 11) is 1.67. The summed E-state index contributed by atoms with van der Waals surface area (Å²) in [6.07, 6.45) is 3.01. The maximum atomic E-state index is 8.77. The van der Waals surface area contributed by atoms with E-state index in [4.69, 9.17) is 14.7 Å². The van der Waals surface area contributed by atoms with Gasteiger partial charge in [-0.3, -0.25) is 0 Å². The van der Waals surface area contributed by atoms with E-state index in [-0.39, 0.29) is 5.41 Å². The van der Waals surface area contributed by atoms with Crippen LogP contribution in [0.4, 0.5) is 0 Å². The summed E-state index contributed by atoms with van der Waals surface area (Å²) < 4.78 is 10.2. The molecule has 0 bridgehead atoms. The largest absolute Gasteiger partial charge is 0.382 e. The Morgan fingerprint density at radius 3 is 2.43 bits per heavy atom. The first-order chi connectivity index (χ1) is 6.62. The lowest BCUT2D eigenvalue weighted by atomic mass is 9.89. The molecule has 0 saturated carbocycles. The van der Waals surface area contributed by atoms with Crippen molar-refractivity contribution >= 4 is 0 Å². The number of methoxy groups -OCH3 is 1. The molecule has 0 radical (unpaired) electrons. The van der Waals surface area contributed by atoms with Crippen LogP contribution >= 0.6 is 0 Å². The van der Waals surface area contributed by atoms with Gasteiger partial charge in [-0.25, -0.2) is 0 Å². The summed E-state index contributed by atoms with van der Waals surface area (Å²) >= 11 is 0.